The molecule has 4 aromatic carbocycles. The third-order valence-corrected chi connectivity index (χ3v) is 13.2. The van der Waals surface area contributed by atoms with Crippen LogP contribution in [0.2, 0.25) is 0 Å². The summed E-state index contributed by atoms with van der Waals surface area (Å²) in [5.74, 6) is -1.80. The van der Waals surface area contributed by atoms with Crippen molar-refractivity contribution < 1.29 is 9.59 Å². The van der Waals surface area contributed by atoms with Crippen LogP contribution in [-0.4, -0.2) is 11.6 Å². The number of carbonyl (C=O) groups excluding carboxylic acids is 2. The van der Waals surface area contributed by atoms with Crippen LogP contribution >= 0.6 is 45.3 Å². The summed E-state index contributed by atoms with van der Waals surface area (Å²) in [4.78, 5) is 32.7. The SMILES string of the molecule is O=C1C(=O)C2c3cc4c(-c5cccs5)ccc(-c5cccs5)c4cc3C1c1cc3c(-c4cccs4)ccc(-c4cccs4)c3cc12. The summed E-state index contributed by atoms with van der Waals surface area (Å²) in [7, 11) is 0. The zero-order valence-electron chi connectivity index (χ0n) is 24.2. The molecular weight excluding hydrogens is 641 g/mol. The third-order valence-electron chi connectivity index (χ3n) is 9.60. The summed E-state index contributed by atoms with van der Waals surface area (Å²) in [5.41, 5.74) is 8.54. The van der Waals surface area contributed by atoms with E-state index >= 15 is 0 Å². The normalized spacial score (nSPS) is 16.8. The lowest BCUT2D eigenvalue weighted by molar-refractivity contribution is -0.138. The van der Waals surface area contributed by atoms with Crippen molar-refractivity contribution in [2.24, 2.45) is 0 Å². The van der Waals surface area contributed by atoms with E-state index in [4.69, 9.17) is 0 Å². The molecule has 4 aromatic heterocycles. The Balaban J connectivity index is 1.28. The van der Waals surface area contributed by atoms with Gasteiger partial charge in [0.05, 0.1) is 11.8 Å². The first-order valence-corrected chi connectivity index (χ1v) is 18.6. The summed E-state index contributed by atoms with van der Waals surface area (Å²) >= 11 is 6.89. The molecule has 0 atom stereocenters. The van der Waals surface area contributed by atoms with Gasteiger partial charge in [-0.3, -0.25) is 9.59 Å². The zero-order valence-corrected chi connectivity index (χ0v) is 27.4. The molecule has 0 aliphatic heterocycles. The molecule has 2 nitrogen and oxygen atoms in total. The molecule has 0 saturated carbocycles. The van der Waals surface area contributed by atoms with Crippen LogP contribution in [0.3, 0.4) is 0 Å². The van der Waals surface area contributed by atoms with E-state index in [1.54, 1.807) is 45.3 Å². The van der Waals surface area contributed by atoms with Crippen molar-refractivity contribution in [1.29, 1.82) is 0 Å². The Morgan fingerprint density at radius 1 is 0.370 bits per heavy atom. The quantitative estimate of drug-likeness (QED) is 0.176. The number of benzene rings is 4. The van der Waals surface area contributed by atoms with Gasteiger partial charge in [-0.1, -0.05) is 48.5 Å². The summed E-state index contributed by atoms with van der Waals surface area (Å²) in [6, 6.07) is 34.7. The average molecular weight is 663 g/mol. The molecule has 0 N–H and O–H groups in total. The van der Waals surface area contributed by atoms with E-state index in [0.717, 1.165) is 66.1 Å². The van der Waals surface area contributed by atoms with Gasteiger partial charge in [-0.15, -0.1) is 45.3 Å². The summed E-state index contributed by atoms with van der Waals surface area (Å²) < 4.78 is 0. The number of ketones is 2. The van der Waals surface area contributed by atoms with Gasteiger partial charge >= 0.3 is 0 Å². The molecule has 218 valence electrons. The lowest BCUT2D eigenvalue weighted by Crippen LogP contribution is -2.40. The van der Waals surface area contributed by atoms with E-state index in [0.29, 0.717) is 0 Å². The number of fused-ring (bicyclic) bond motifs is 3. The van der Waals surface area contributed by atoms with E-state index in [1.165, 1.54) is 19.5 Å². The van der Waals surface area contributed by atoms with E-state index in [9.17, 15) is 9.59 Å². The van der Waals surface area contributed by atoms with Gasteiger partial charge in [0.25, 0.3) is 0 Å². The van der Waals surface area contributed by atoms with Gasteiger partial charge in [0.1, 0.15) is 0 Å². The maximum Gasteiger partial charge on any atom is 0.211 e. The molecule has 11 rings (SSSR count). The first-order chi connectivity index (χ1) is 22.7. The van der Waals surface area contributed by atoms with Crippen molar-refractivity contribution in [1.82, 2.24) is 0 Å². The van der Waals surface area contributed by atoms with Crippen LogP contribution < -0.4 is 0 Å². The Morgan fingerprint density at radius 2 is 0.630 bits per heavy atom. The zero-order chi connectivity index (χ0) is 30.5. The van der Waals surface area contributed by atoms with Crippen molar-refractivity contribution in [3.63, 3.8) is 0 Å². The van der Waals surface area contributed by atoms with Crippen LogP contribution in [0.15, 0.2) is 119 Å². The fourth-order valence-electron chi connectivity index (χ4n) is 7.62. The third kappa shape index (κ3) is 3.73. The summed E-state index contributed by atoms with van der Waals surface area (Å²) in [6.07, 6.45) is 0. The van der Waals surface area contributed by atoms with Crippen molar-refractivity contribution in [2.45, 2.75) is 11.8 Å². The monoisotopic (exact) mass is 662 g/mol. The fraction of sp³-hybridized carbons (Fsp3) is 0.0500. The van der Waals surface area contributed by atoms with Gasteiger partial charge in [0.2, 0.25) is 11.6 Å². The molecule has 4 heterocycles. The van der Waals surface area contributed by atoms with Crippen LogP contribution in [0.25, 0.3) is 63.3 Å². The molecule has 0 saturated heterocycles. The number of Topliss-reactive ketones (excluding diaryl/α,β-unsaturated/α-hetero) is 2. The Hall–Kier alpha value is -4.46. The second kappa shape index (κ2) is 10.0. The highest BCUT2D eigenvalue weighted by Crippen LogP contribution is 2.54. The van der Waals surface area contributed by atoms with E-state index < -0.39 is 11.8 Å². The Labute approximate surface area is 280 Å². The summed E-state index contributed by atoms with van der Waals surface area (Å²) in [6.45, 7) is 0. The number of thiophene rings is 4. The van der Waals surface area contributed by atoms with E-state index in [2.05, 4.69) is 119 Å². The van der Waals surface area contributed by atoms with Gasteiger partial charge in [-0.2, -0.15) is 0 Å². The number of hydrogen-bond donors (Lipinski definition) is 0. The minimum atomic E-state index is -0.612. The molecule has 0 fully saturated rings. The Bertz CT molecular complexity index is 2160. The number of rotatable bonds is 4. The molecular formula is C40H22O2S4. The maximum atomic E-state index is 14.0. The Morgan fingerprint density at radius 3 is 0.848 bits per heavy atom. The minimum absolute atomic E-state index is 0.289. The maximum absolute atomic E-state index is 14.0. The predicted molar refractivity (Wildman–Crippen MR) is 195 cm³/mol. The topological polar surface area (TPSA) is 34.1 Å². The van der Waals surface area contributed by atoms with Crippen LogP contribution in [0.1, 0.15) is 34.1 Å². The van der Waals surface area contributed by atoms with Crippen molar-refractivity contribution >= 4 is 78.5 Å². The smallest absolute Gasteiger partial charge is 0.211 e. The van der Waals surface area contributed by atoms with Crippen LogP contribution in [0, 0.1) is 0 Å². The minimum Gasteiger partial charge on any atom is -0.290 e. The molecule has 3 aliphatic rings. The van der Waals surface area contributed by atoms with Crippen LogP contribution in [0.5, 0.6) is 0 Å². The van der Waals surface area contributed by atoms with Gasteiger partial charge in [-0.05, 0) is 136 Å². The first-order valence-electron chi connectivity index (χ1n) is 15.1. The van der Waals surface area contributed by atoms with Gasteiger partial charge in [0.15, 0.2) is 0 Å². The highest BCUT2D eigenvalue weighted by atomic mass is 32.1. The van der Waals surface area contributed by atoms with Crippen molar-refractivity contribution in [3.8, 4) is 41.8 Å². The fourth-order valence-corrected chi connectivity index (χ4v) is 10.7. The van der Waals surface area contributed by atoms with Gasteiger partial charge < -0.3 is 0 Å². The Kier molecular flexibility index (Phi) is 5.82. The molecule has 0 amide bonds. The number of carbonyl (C=O) groups is 2. The average Bonchev–Trinajstić information content (AvgIpc) is 3.92. The number of hydrogen-bond acceptors (Lipinski definition) is 6. The van der Waals surface area contributed by atoms with Crippen LogP contribution in [0.4, 0.5) is 0 Å². The lowest BCUT2D eigenvalue weighted by atomic mass is 9.61. The molecule has 2 bridgehead atoms. The largest absolute Gasteiger partial charge is 0.290 e. The first kappa shape index (κ1) is 26.7. The predicted octanol–water partition coefficient (Wildman–Crippen LogP) is 11.6. The van der Waals surface area contributed by atoms with E-state index in [-0.39, 0.29) is 11.6 Å². The lowest BCUT2D eigenvalue weighted by Gasteiger charge is -2.39. The van der Waals surface area contributed by atoms with Crippen molar-refractivity contribution in [3.05, 3.63) is 141 Å². The molecule has 0 radical (unpaired) electrons. The molecule has 8 aromatic rings. The molecule has 6 heteroatoms. The summed E-state index contributed by atoms with van der Waals surface area (Å²) in [5, 5.41) is 12.9. The molecule has 3 aliphatic carbocycles. The highest BCUT2D eigenvalue weighted by Gasteiger charge is 2.49. The molecule has 0 spiro atoms. The highest BCUT2D eigenvalue weighted by molar-refractivity contribution is 7.14. The van der Waals surface area contributed by atoms with Gasteiger partial charge in [0, 0.05) is 19.5 Å². The van der Waals surface area contributed by atoms with E-state index in [1.807, 2.05) is 0 Å². The molecule has 46 heavy (non-hydrogen) atoms. The second-order valence-corrected chi connectivity index (χ2v) is 15.7. The second-order valence-electron chi connectivity index (χ2n) is 11.9. The van der Waals surface area contributed by atoms with Crippen LogP contribution in [-0.2, 0) is 9.59 Å². The standard InChI is InChI=1S/C40H22O2S4/c41-39-37-29-17-25-21(33-5-1-13-43-33)9-10-22(34-6-2-14-44-34)26(25)18-30(29)38(40(39)42)32-20-28-24(36-8-4-16-46-36)12-11-23(27(28)19-31(32)37)35-7-3-15-45-35/h1-20,37-38H. The van der Waals surface area contributed by atoms with Gasteiger partial charge in [-0.25, -0.2) is 0 Å². The molecule has 0 unspecified atom stereocenters. The van der Waals surface area contributed by atoms with Crippen molar-refractivity contribution in [2.75, 3.05) is 0 Å².